The van der Waals surface area contributed by atoms with E-state index in [0.29, 0.717) is 12.2 Å². The second-order valence-corrected chi connectivity index (χ2v) is 10.9. The number of hydrogen-bond acceptors (Lipinski definition) is 5. The molecule has 0 bridgehead atoms. The second-order valence-electron chi connectivity index (χ2n) is 9.86. The van der Waals surface area contributed by atoms with Crippen molar-refractivity contribution in [1.82, 2.24) is 14.5 Å². The zero-order chi connectivity index (χ0) is 29.1. The smallest absolute Gasteiger partial charge is 0.225 e. The molecule has 7 nitrogen and oxygen atoms in total. The van der Waals surface area contributed by atoms with Gasteiger partial charge in [-0.1, -0.05) is 30.0 Å². The molecule has 0 aliphatic rings. The Morgan fingerprint density at radius 2 is 1.52 bits per heavy atom. The van der Waals surface area contributed by atoms with Crippen molar-refractivity contribution in [3.8, 4) is 34.0 Å². The van der Waals surface area contributed by atoms with Crippen LogP contribution in [0.3, 0.4) is 0 Å². The van der Waals surface area contributed by atoms with Crippen LogP contribution in [0.15, 0.2) is 96.2 Å². The minimum Gasteiger partial charge on any atom is -0.497 e. The summed E-state index contributed by atoms with van der Waals surface area (Å²) in [6.07, 6.45) is 0.357. The largest absolute Gasteiger partial charge is 0.497 e. The van der Waals surface area contributed by atoms with E-state index in [1.54, 1.807) is 14.2 Å². The molecule has 6 rings (SSSR count). The third-order valence-electron chi connectivity index (χ3n) is 7.36. The Morgan fingerprint density at radius 3 is 2.21 bits per heavy atom. The molecular weight excluding hydrogens is 544 g/mol. The lowest BCUT2D eigenvalue weighted by atomic mass is 10.0. The van der Waals surface area contributed by atoms with Gasteiger partial charge in [0.15, 0.2) is 5.16 Å². The number of carbonyl (C=O) groups excluding carboxylic acids is 1. The molecule has 0 aliphatic carbocycles. The van der Waals surface area contributed by atoms with Crippen molar-refractivity contribution >= 4 is 45.2 Å². The van der Waals surface area contributed by atoms with Crippen LogP contribution in [0.25, 0.3) is 44.3 Å². The molecule has 42 heavy (non-hydrogen) atoms. The summed E-state index contributed by atoms with van der Waals surface area (Å²) in [5.74, 6) is 2.13. The van der Waals surface area contributed by atoms with Gasteiger partial charge in [-0.3, -0.25) is 4.79 Å². The number of para-hydroxylation sites is 1. The lowest BCUT2D eigenvalue weighted by Gasteiger charge is -2.06. The number of H-pyrrole nitrogens is 1. The summed E-state index contributed by atoms with van der Waals surface area (Å²) in [4.78, 5) is 21.3. The highest BCUT2D eigenvalue weighted by molar-refractivity contribution is 7.99. The van der Waals surface area contributed by atoms with Crippen molar-refractivity contribution in [3.63, 3.8) is 0 Å². The van der Waals surface area contributed by atoms with Crippen molar-refractivity contribution in [2.24, 2.45) is 0 Å². The topological polar surface area (TPSA) is 81.2 Å². The highest BCUT2D eigenvalue weighted by Gasteiger charge is 2.16. The fourth-order valence-electron chi connectivity index (χ4n) is 5.28. The SMILES string of the molecule is CCn1c2ccccc2c2cc(NC(=O)CCSc3nc(-c4ccc(OC)cc4)c(-c4ccc(OC)cc4)[nH]3)ccc21. The molecule has 0 aliphatic heterocycles. The monoisotopic (exact) mass is 576 g/mol. The zero-order valence-corrected chi connectivity index (χ0v) is 24.6. The summed E-state index contributed by atoms with van der Waals surface area (Å²) >= 11 is 1.53. The number of nitrogens with one attached hydrogen (secondary N) is 2. The normalized spacial score (nSPS) is 11.2. The zero-order valence-electron chi connectivity index (χ0n) is 23.8. The van der Waals surface area contributed by atoms with Crippen LogP contribution >= 0.6 is 11.8 Å². The summed E-state index contributed by atoms with van der Waals surface area (Å²) in [6, 6.07) is 30.3. The number of aryl methyl sites for hydroxylation is 1. The number of anilines is 1. The van der Waals surface area contributed by atoms with Crippen LogP contribution in [-0.4, -0.2) is 40.4 Å². The van der Waals surface area contributed by atoms with Crippen molar-refractivity contribution in [2.45, 2.75) is 25.0 Å². The third-order valence-corrected chi connectivity index (χ3v) is 8.24. The molecule has 0 fully saturated rings. The maximum atomic E-state index is 12.9. The number of carbonyl (C=O) groups is 1. The van der Waals surface area contributed by atoms with Crippen molar-refractivity contribution < 1.29 is 14.3 Å². The number of benzene rings is 4. The molecule has 2 aromatic heterocycles. The van der Waals surface area contributed by atoms with Crippen molar-refractivity contribution in [3.05, 3.63) is 91.0 Å². The Bertz CT molecular complexity index is 1790. The minimum atomic E-state index is -0.0293. The number of amides is 1. The van der Waals surface area contributed by atoms with Crippen LogP contribution in [-0.2, 0) is 11.3 Å². The number of ether oxygens (including phenoxy) is 2. The van der Waals surface area contributed by atoms with Gasteiger partial charge in [0, 0.05) is 57.3 Å². The van der Waals surface area contributed by atoms with Gasteiger partial charge < -0.3 is 24.3 Å². The first-order valence-electron chi connectivity index (χ1n) is 13.9. The van der Waals surface area contributed by atoms with Gasteiger partial charge >= 0.3 is 0 Å². The number of fused-ring (bicyclic) bond motifs is 3. The van der Waals surface area contributed by atoms with Crippen LogP contribution in [0.5, 0.6) is 11.5 Å². The Morgan fingerprint density at radius 1 is 0.857 bits per heavy atom. The highest BCUT2D eigenvalue weighted by Crippen LogP contribution is 2.35. The molecule has 0 unspecified atom stereocenters. The van der Waals surface area contributed by atoms with E-state index in [0.717, 1.165) is 56.8 Å². The van der Waals surface area contributed by atoms with Crippen molar-refractivity contribution in [1.29, 1.82) is 0 Å². The van der Waals surface area contributed by atoms with Crippen LogP contribution in [0, 0.1) is 0 Å². The number of nitrogens with zero attached hydrogens (tertiary/aromatic N) is 2. The van der Waals surface area contributed by atoms with Crippen LogP contribution in [0.4, 0.5) is 5.69 Å². The fourth-order valence-corrected chi connectivity index (χ4v) is 6.09. The summed E-state index contributed by atoms with van der Waals surface area (Å²) in [6.45, 7) is 3.04. The van der Waals surface area contributed by atoms with E-state index in [9.17, 15) is 4.79 Å². The lowest BCUT2D eigenvalue weighted by Crippen LogP contribution is -2.12. The summed E-state index contributed by atoms with van der Waals surface area (Å²) in [5, 5.41) is 6.18. The van der Waals surface area contributed by atoms with Gasteiger partial charge in [0.25, 0.3) is 0 Å². The Kier molecular flexibility index (Phi) is 7.88. The van der Waals surface area contributed by atoms with E-state index >= 15 is 0 Å². The first kappa shape index (κ1) is 27.5. The Hall–Kier alpha value is -4.69. The van der Waals surface area contributed by atoms with E-state index in [2.05, 4.69) is 58.2 Å². The molecule has 0 spiro atoms. The molecule has 0 saturated heterocycles. The van der Waals surface area contributed by atoms with E-state index < -0.39 is 0 Å². The number of hydrogen-bond donors (Lipinski definition) is 2. The van der Waals surface area contributed by atoms with Gasteiger partial charge in [0.2, 0.25) is 5.91 Å². The predicted octanol–water partition coefficient (Wildman–Crippen LogP) is 8.01. The van der Waals surface area contributed by atoms with Gasteiger partial charge in [-0.25, -0.2) is 4.98 Å². The number of imidazole rings is 1. The number of thioether (sulfide) groups is 1. The maximum Gasteiger partial charge on any atom is 0.225 e. The number of methoxy groups -OCH3 is 2. The standard InChI is InChI=1S/C34H32N4O3S/c1-4-38-29-8-6-5-7-27(29)28-21-24(13-18-30(28)38)35-31(39)19-20-42-34-36-32(22-9-14-25(40-2)15-10-22)33(37-34)23-11-16-26(41-3)17-12-23/h5-18,21H,4,19-20H2,1-3H3,(H,35,39)(H,36,37). The minimum absolute atomic E-state index is 0.0293. The quantitative estimate of drug-likeness (QED) is 0.162. The fraction of sp³-hybridized carbons (Fsp3) is 0.176. The summed E-state index contributed by atoms with van der Waals surface area (Å²) in [7, 11) is 3.31. The first-order valence-corrected chi connectivity index (χ1v) is 14.9. The molecule has 6 aromatic rings. The summed E-state index contributed by atoms with van der Waals surface area (Å²) < 4.78 is 13.0. The molecule has 2 heterocycles. The van der Waals surface area contributed by atoms with Gasteiger partial charge in [0.05, 0.1) is 25.6 Å². The van der Waals surface area contributed by atoms with Crippen LogP contribution < -0.4 is 14.8 Å². The average molecular weight is 577 g/mol. The van der Waals surface area contributed by atoms with Crippen molar-refractivity contribution in [2.75, 3.05) is 25.3 Å². The van der Waals surface area contributed by atoms with E-state index in [4.69, 9.17) is 14.5 Å². The van der Waals surface area contributed by atoms with Gasteiger partial charge in [-0.2, -0.15) is 0 Å². The van der Waals surface area contributed by atoms with Crippen LogP contribution in [0.2, 0.25) is 0 Å². The molecule has 8 heteroatoms. The average Bonchev–Trinajstić information content (AvgIpc) is 3.60. The van der Waals surface area contributed by atoms with E-state index in [-0.39, 0.29) is 5.91 Å². The molecular formula is C34H32N4O3S. The molecule has 4 aromatic carbocycles. The summed E-state index contributed by atoms with van der Waals surface area (Å²) in [5.41, 5.74) is 6.91. The number of aromatic amines is 1. The lowest BCUT2D eigenvalue weighted by molar-refractivity contribution is -0.115. The third kappa shape index (κ3) is 5.45. The molecule has 0 saturated carbocycles. The second kappa shape index (κ2) is 12.0. The molecule has 1 amide bonds. The van der Waals surface area contributed by atoms with Gasteiger partial charge in [-0.05, 0) is 79.7 Å². The highest BCUT2D eigenvalue weighted by atomic mass is 32.2. The maximum absolute atomic E-state index is 12.9. The Balaban J connectivity index is 1.17. The van der Waals surface area contributed by atoms with Gasteiger partial charge in [-0.15, -0.1) is 0 Å². The predicted molar refractivity (Wildman–Crippen MR) is 172 cm³/mol. The van der Waals surface area contributed by atoms with Crippen LogP contribution in [0.1, 0.15) is 13.3 Å². The van der Waals surface area contributed by atoms with E-state index in [1.807, 2.05) is 54.6 Å². The van der Waals surface area contributed by atoms with E-state index in [1.165, 1.54) is 28.2 Å². The first-order chi connectivity index (χ1) is 20.6. The number of rotatable bonds is 10. The molecule has 2 N–H and O–H groups in total. The number of aromatic nitrogens is 3. The van der Waals surface area contributed by atoms with Gasteiger partial charge in [0.1, 0.15) is 11.5 Å². The Labute approximate surface area is 248 Å². The molecule has 0 atom stereocenters. The molecule has 0 radical (unpaired) electrons. The molecule has 212 valence electrons.